The first-order valence-electron chi connectivity index (χ1n) is 3.61. The Labute approximate surface area is 69.6 Å². The van der Waals surface area contributed by atoms with Crippen LogP contribution in [0.4, 0.5) is 8.78 Å². The van der Waals surface area contributed by atoms with Gasteiger partial charge < -0.3 is 10.8 Å². The van der Waals surface area contributed by atoms with E-state index in [2.05, 4.69) is 0 Å². The number of hydrogen-bond donors (Lipinski definition) is 2. The molecule has 0 aromatic rings. The summed E-state index contributed by atoms with van der Waals surface area (Å²) < 4.78 is 24.8. The Kier molecular flexibility index (Phi) is 3.57. The molecule has 0 saturated heterocycles. The highest BCUT2D eigenvalue weighted by Gasteiger charge is 2.49. The SMILES string of the molecule is CC(C)C(CN)(C(=O)O)C(F)F. The largest absolute Gasteiger partial charge is 0.481 e. The van der Waals surface area contributed by atoms with Crippen LogP contribution in [0, 0.1) is 11.3 Å². The highest BCUT2D eigenvalue weighted by atomic mass is 19.3. The van der Waals surface area contributed by atoms with Crippen molar-refractivity contribution < 1.29 is 18.7 Å². The number of carboxylic acids is 1. The molecule has 0 bridgehead atoms. The molecule has 0 saturated carbocycles. The highest BCUT2D eigenvalue weighted by Crippen LogP contribution is 2.33. The summed E-state index contributed by atoms with van der Waals surface area (Å²) in [6.45, 7) is 2.30. The van der Waals surface area contributed by atoms with Gasteiger partial charge in [0.25, 0.3) is 6.43 Å². The van der Waals surface area contributed by atoms with Crippen LogP contribution in [0.2, 0.25) is 0 Å². The van der Waals surface area contributed by atoms with Crippen molar-refractivity contribution in [3.63, 3.8) is 0 Å². The van der Waals surface area contributed by atoms with E-state index in [-0.39, 0.29) is 0 Å². The highest BCUT2D eigenvalue weighted by molar-refractivity contribution is 5.75. The van der Waals surface area contributed by atoms with Gasteiger partial charge >= 0.3 is 5.97 Å². The predicted octanol–water partition coefficient (Wildman–Crippen LogP) is 0.937. The predicted molar refractivity (Wildman–Crippen MR) is 40.0 cm³/mol. The molecular formula is C7H13F2NO2. The van der Waals surface area contributed by atoms with E-state index in [1.807, 2.05) is 0 Å². The van der Waals surface area contributed by atoms with Crippen LogP contribution < -0.4 is 5.73 Å². The quantitative estimate of drug-likeness (QED) is 0.678. The zero-order valence-corrected chi connectivity index (χ0v) is 7.05. The monoisotopic (exact) mass is 181 g/mol. The second-order valence-electron chi connectivity index (χ2n) is 3.01. The summed E-state index contributed by atoms with van der Waals surface area (Å²) >= 11 is 0. The summed E-state index contributed by atoms with van der Waals surface area (Å²) in [5.74, 6) is -2.21. The van der Waals surface area contributed by atoms with E-state index in [9.17, 15) is 13.6 Å². The number of rotatable bonds is 4. The molecule has 0 spiro atoms. The Morgan fingerprint density at radius 2 is 2.00 bits per heavy atom. The number of nitrogens with two attached hydrogens (primary N) is 1. The molecule has 3 N–H and O–H groups in total. The first-order valence-corrected chi connectivity index (χ1v) is 3.61. The summed E-state index contributed by atoms with van der Waals surface area (Å²) in [7, 11) is 0. The van der Waals surface area contributed by atoms with Gasteiger partial charge in [-0.2, -0.15) is 0 Å². The maximum atomic E-state index is 12.4. The minimum atomic E-state index is -2.93. The van der Waals surface area contributed by atoms with Crippen molar-refractivity contribution in [2.75, 3.05) is 6.54 Å². The first-order chi connectivity index (χ1) is 5.39. The lowest BCUT2D eigenvalue weighted by Gasteiger charge is -2.30. The van der Waals surface area contributed by atoms with Gasteiger partial charge in [0, 0.05) is 6.54 Å². The van der Waals surface area contributed by atoms with Gasteiger partial charge in [-0.05, 0) is 5.92 Å². The average Bonchev–Trinajstić information content (AvgIpc) is 1.86. The molecule has 0 aliphatic rings. The Bertz CT molecular complexity index is 163. The third-order valence-corrected chi connectivity index (χ3v) is 2.16. The van der Waals surface area contributed by atoms with Crippen LogP contribution in [-0.4, -0.2) is 24.0 Å². The van der Waals surface area contributed by atoms with Gasteiger partial charge in [0.2, 0.25) is 0 Å². The number of carbonyl (C=O) groups is 1. The summed E-state index contributed by atoms with van der Waals surface area (Å²) in [6, 6.07) is 0. The van der Waals surface area contributed by atoms with Crippen LogP contribution in [0.3, 0.4) is 0 Å². The van der Waals surface area contributed by atoms with Crippen molar-refractivity contribution in [2.45, 2.75) is 20.3 Å². The summed E-state index contributed by atoms with van der Waals surface area (Å²) in [6.07, 6.45) is -2.93. The van der Waals surface area contributed by atoms with Gasteiger partial charge in [0.15, 0.2) is 0 Å². The molecule has 1 atom stereocenters. The first kappa shape index (κ1) is 11.3. The minimum absolute atomic E-state index is 0.544. The van der Waals surface area contributed by atoms with Crippen molar-refractivity contribution in [3.8, 4) is 0 Å². The van der Waals surface area contributed by atoms with E-state index in [4.69, 9.17) is 10.8 Å². The molecule has 72 valence electrons. The maximum absolute atomic E-state index is 12.4. The zero-order chi connectivity index (χ0) is 9.94. The second-order valence-corrected chi connectivity index (χ2v) is 3.01. The Morgan fingerprint density at radius 1 is 1.58 bits per heavy atom. The van der Waals surface area contributed by atoms with Gasteiger partial charge in [-0.3, -0.25) is 4.79 Å². The fraction of sp³-hybridized carbons (Fsp3) is 0.857. The molecule has 0 rings (SSSR count). The van der Waals surface area contributed by atoms with E-state index in [0.717, 1.165) is 0 Å². The fourth-order valence-corrected chi connectivity index (χ4v) is 1.00. The third kappa shape index (κ3) is 1.55. The van der Waals surface area contributed by atoms with Crippen molar-refractivity contribution in [1.82, 2.24) is 0 Å². The lowest BCUT2D eigenvalue weighted by molar-refractivity contribution is -0.163. The lowest BCUT2D eigenvalue weighted by Crippen LogP contribution is -2.48. The Morgan fingerprint density at radius 3 is 2.00 bits per heavy atom. The number of carboxylic acid groups (broad SMARTS) is 1. The number of aliphatic carboxylic acids is 1. The molecule has 0 aromatic carbocycles. The minimum Gasteiger partial charge on any atom is -0.481 e. The zero-order valence-electron chi connectivity index (χ0n) is 7.05. The average molecular weight is 181 g/mol. The molecular weight excluding hydrogens is 168 g/mol. The van der Waals surface area contributed by atoms with Crippen LogP contribution in [-0.2, 0) is 4.79 Å². The maximum Gasteiger partial charge on any atom is 0.317 e. The van der Waals surface area contributed by atoms with Gasteiger partial charge in [-0.15, -0.1) is 0 Å². The van der Waals surface area contributed by atoms with Gasteiger partial charge in [0.05, 0.1) is 0 Å². The topological polar surface area (TPSA) is 63.3 Å². The van der Waals surface area contributed by atoms with E-state index in [1.165, 1.54) is 13.8 Å². The molecule has 0 aliphatic heterocycles. The van der Waals surface area contributed by atoms with Crippen molar-refractivity contribution in [2.24, 2.45) is 17.1 Å². The molecule has 5 heteroatoms. The summed E-state index contributed by atoms with van der Waals surface area (Å²) in [5.41, 5.74) is 2.95. The molecule has 0 heterocycles. The molecule has 0 fully saturated rings. The van der Waals surface area contributed by atoms with Crippen molar-refractivity contribution in [3.05, 3.63) is 0 Å². The van der Waals surface area contributed by atoms with Crippen LogP contribution >= 0.6 is 0 Å². The molecule has 0 aliphatic carbocycles. The van der Waals surface area contributed by atoms with Crippen LogP contribution in [0.15, 0.2) is 0 Å². The normalized spacial score (nSPS) is 16.6. The van der Waals surface area contributed by atoms with E-state index < -0.39 is 30.3 Å². The van der Waals surface area contributed by atoms with Crippen molar-refractivity contribution in [1.29, 1.82) is 0 Å². The number of hydrogen-bond acceptors (Lipinski definition) is 2. The Hall–Kier alpha value is -0.710. The summed E-state index contributed by atoms with van der Waals surface area (Å²) in [5, 5.41) is 8.60. The second kappa shape index (κ2) is 3.80. The third-order valence-electron chi connectivity index (χ3n) is 2.16. The molecule has 12 heavy (non-hydrogen) atoms. The van der Waals surface area contributed by atoms with Crippen LogP contribution in [0.25, 0.3) is 0 Å². The van der Waals surface area contributed by atoms with Crippen molar-refractivity contribution >= 4 is 5.97 Å². The summed E-state index contributed by atoms with van der Waals surface area (Å²) in [4.78, 5) is 10.6. The molecule has 0 radical (unpaired) electrons. The van der Waals surface area contributed by atoms with Gasteiger partial charge in [-0.25, -0.2) is 8.78 Å². The molecule has 0 aromatic heterocycles. The smallest absolute Gasteiger partial charge is 0.317 e. The molecule has 1 unspecified atom stereocenters. The lowest BCUT2D eigenvalue weighted by atomic mass is 9.77. The van der Waals surface area contributed by atoms with Crippen LogP contribution in [0.5, 0.6) is 0 Å². The van der Waals surface area contributed by atoms with Gasteiger partial charge in [0.1, 0.15) is 5.41 Å². The Balaban J connectivity index is 4.90. The standard InChI is InChI=1S/C7H13F2NO2/c1-4(2)7(3-10,5(8)9)6(11)12/h4-5H,3,10H2,1-2H3,(H,11,12). The number of halogens is 2. The molecule has 3 nitrogen and oxygen atoms in total. The van der Waals surface area contributed by atoms with Crippen LogP contribution in [0.1, 0.15) is 13.8 Å². The van der Waals surface area contributed by atoms with E-state index >= 15 is 0 Å². The number of alkyl halides is 2. The fourth-order valence-electron chi connectivity index (χ4n) is 1.00. The van der Waals surface area contributed by atoms with E-state index in [1.54, 1.807) is 0 Å². The molecule has 0 amide bonds. The van der Waals surface area contributed by atoms with E-state index in [0.29, 0.717) is 0 Å². The van der Waals surface area contributed by atoms with Gasteiger partial charge in [-0.1, -0.05) is 13.8 Å².